The number of likely N-dealkylation sites (N-methyl/N-ethyl adjacent to an activating group) is 1. The first-order chi connectivity index (χ1) is 9.43. The molecule has 0 fully saturated rings. The van der Waals surface area contributed by atoms with E-state index in [1.807, 2.05) is 46.1 Å². The molecule has 1 aromatic carbocycles. The largest absolute Gasteiger partial charge is 0.385 e. The van der Waals surface area contributed by atoms with E-state index >= 15 is 0 Å². The van der Waals surface area contributed by atoms with Crippen molar-refractivity contribution in [2.24, 2.45) is 0 Å². The fourth-order valence-corrected chi connectivity index (χ4v) is 2.19. The number of carbonyl (C=O) groups excluding carboxylic acids is 1. The summed E-state index contributed by atoms with van der Waals surface area (Å²) in [5, 5.41) is 6.36. The lowest BCUT2D eigenvalue weighted by atomic mass is 10.1. The molecule has 4 heteroatoms. The second kappa shape index (κ2) is 7.90. The second-order valence-corrected chi connectivity index (χ2v) is 5.59. The van der Waals surface area contributed by atoms with Crippen LogP contribution in [0.2, 0.25) is 0 Å². The van der Waals surface area contributed by atoms with Gasteiger partial charge in [-0.15, -0.1) is 0 Å². The minimum absolute atomic E-state index is 0.00103. The first kappa shape index (κ1) is 16.5. The Morgan fingerprint density at radius 3 is 2.60 bits per heavy atom. The minimum Gasteiger partial charge on any atom is -0.385 e. The van der Waals surface area contributed by atoms with Crippen LogP contribution in [-0.2, 0) is 0 Å². The van der Waals surface area contributed by atoms with Crippen molar-refractivity contribution < 1.29 is 4.79 Å². The van der Waals surface area contributed by atoms with Crippen molar-refractivity contribution in [2.45, 2.75) is 33.2 Å². The van der Waals surface area contributed by atoms with E-state index in [0.29, 0.717) is 0 Å². The molecule has 1 amide bonds. The van der Waals surface area contributed by atoms with Gasteiger partial charge in [-0.05, 0) is 58.1 Å². The van der Waals surface area contributed by atoms with Crippen LogP contribution in [0.25, 0.3) is 0 Å². The molecule has 1 rings (SSSR count). The topological polar surface area (TPSA) is 44.4 Å². The van der Waals surface area contributed by atoms with Crippen LogP contribution in [0.15, 0.2) is 18.2 Å². The van der Waals surface area contributed by atoms with Crippen molar-refractivity contribution in [1.29, 1.82) is 0 Å². The minimum atomic E-state index is -0.00103. The summed E-state index contributed by atoms with van der Waals surface area (Å²) in [7, 11) is 4.00. The number of hydrogen-bond donors (Lipinski definition) is 2. The molecule has 112 valence electrons. The normalized spacial score (nSPS) is 12.3. The number of benzene rings is 1. The molecule has 1 aromatic rings. The zero-order valence-corrected chi connectivity index (χ0v) is 13.3. The fourth-order valence-electron chi connectivity index (χ4n) is 2.19. The van der Waals surface area contributed by atoms with Crippen molar-refractivity contribution in [3.63, 3.8) is 0 Å². The zero-order valence-electron chi connectivity index (χ0n) is 13.3. The molecule has 1 atom stereocenters. The van der Waals surface area contributed by atoms with Gasteiger partial charge in [0.25, 0.3) is 5.91 Å². The van der Waals surface area contributed by atoms with Crippen LogP contribution in [0.5, 0.6) is 0 Å². The van der Waals surface area contributed by atoms with Gasteiger partial charge in [0.1, 0.15) is 0 Å². The third kappa shape index (κ3) is 5.21. The molecular formula is C16H27N3O. The Morgan fingerprint density at radius 2 is 2.05 bits per heavy atom. The number of carbonyl (C=O) groups is 1. The quantitative estimate of drug-likeness (QED) is 0.805. The highest BCUT2D eigenvalue weighted by atomic mass is 16.1. The number of nitrogens with zero attached hydrogens (tertiary/aromatic N) is 1. The maximum Gasteiger partial charge on any atom is 0.251 e. The maximum atomic E-state index is 12.2. The van der Waals surface area contributed by atoms with Crippen LogP contribution in [0.4, 0.5) is 5.69 Å². The third-order valence-electron chi connectivity index (χ3n) is 3.07. The fraction of sp³-hybridized carbons (Fsp3) is 0.562. The molecule has 0 aliphatic heterocycles. The Kier molecular flexibility index (Phi) is 6.52. The molecule has 0 bridgehead atoms. The molecule has 4 nitrogen and oxygen atoms in total. The van der Waals surface area contributed by atoms with Crippen LogP contribution in [0, 0.1) is 6.92 Å². The monoisotopic (exact) mass is 277 g/mol. The van der Waals surface area contributed by atoms with Crippen LogP contribution in [-0.4, -0.2) is 44.0 Å². The van der Waals surface area contributed by atoms with Crippen LogP contribution in [0.1, 0.15) is 36.2 Å². The number of rotatable bonds is 7. The smallest absolute Gasteiger partial charge is 0.251 e. The summed E-state index contributed by atoms with van der Waals surface area (Å²) in [6.45, 7) is 7.91. The van der Waals surface area contributed by atoms with Gasteiger partial charge in [-0.2, -0.15) is 0 Å². The van der Waals surface area contributed by atoms with Crippen LogP contribution < -0.4 is 10.6 Å². The SMILES string of the molecule is CCCNc1ccc(C(=O)NC(C)CN(C)C)c(C)c1. The van der Waals surface area contributed by atoms with Crippen molar-refractivity contribution in [1.82, 2.24) is 10.2 Å². The molecule has 0 aliphatic rings. The van der Waals surface area contributed by atoms with Gasteiger partial charge in [0.05, 0.1) is 0 Å². The third-order valence-corrected chi connectivity index (χ3v) is 3.07. The van der Waals surface area contributed by atoms with E-state index in [4.69, 9.17) is 0 Å². The van der Waals surface area contributed by atoms with Crippen molar-refractivity contribution >= 4 is 11.6 Å². The lowest BCUT2D eigenvalue weighted by Gasteiger charge is -2.19. The Bertz CT molecular complexity index is 443. The summed E-state index contributed by atoms with van der Waals surface area (Å²) >= 11 is 0. The molecule has 0 spiro atoms. The van der Waals surface area contributed by atoms with Gasteiger partial charge in [0, 0.05) is 30.4 Å². The average molecular weight is 277 g/mol. The maximum absolute atomic E-state index is 12.2. The van der Waals surface area contributed by atoms with Crippen molar-refractivity contribution in [3.8, 4) is 0 Å². The Balaban J connectivity index is 2.68. The van der Waals surface area contributed by atoms with E-state index in [1.165, 1.54) is 0 Å². The van der Waals surface area contributed by atoms with Gasteiger partial charge in [0.15, 0.2) is 0 Å². The van der Waals surface area contributed by atoms with Crippen LogP contribution >= 0.6 is 0 Å². The number of nitrogens with one attached hydrogen (secondary N) is 2. The van der Waals surface area contributed by atoms with Gasteiger partial charge in [-0.1, -0.05) is 6.92 Å². The molecule has 0 radical (unpaired) electrons. The summed E-state index contributed by atoms with van der Waals surface area (Å²) in [4.78, 5) is 14.3. The second-order valence-electron chi connectivity index (χ2n) is 5.59. The number of hydrogen-bond acceptors (Lipinski definition) is 3. The van der Waals surface area contributed by atoms with E-state index in [9.17, 15) is 4.79 Å². The van der Waals surface area contributed by atoms with Crippen molar-refractivity contribution in [2.75, 3.05) is 32.5 Å². The zero-order chi connectivity index (χ0) is 15.1. The van der Waals surface area contributed by atoms with Gasteiger partial charge >= 0.3 is 0 Å². The van der Waals surface area contributed by atoms with Gasteiger partial charge in [0.2, 0.25) is 0 Å². The Hall–Kier alpha value is -1.55. The van der Waals surface area contributed by atoms with E-state index < -0.39 is 0 Å². The first-order valence-corrected chi connectivity index (χ1v) is 7.24. The lowest BCUT2D eigenvalue weighted by molar-refractivity contribution is 0.0934. The van der Waals surface area contributed by atoms with Gasteiger partial charge in [-0.3, -0.25) is 4.79 Å². The summed E-state index contributed by atoms with van der Waals surface area (Å²) in [6.07, 6.45) is 1.09. The van der Waals surface area contributed by atoms with E-state index in [2.05, 4.69) is 22.5 Å². The highest BCUT2D eigenvalue weighted by Gasteiger charge is 2.12. The van der Waals surface area contributed by atoms with Gasteiger partial charge < -0.3 is 15.5 Å². The average Bonchev–Trinajstić information content (AvgIpc) is 2.35. The number of aryl methyl sites for hydroxylation is 1. The molecule has 1 unspecified atom stereocenters. The number of anilines is 1. The molecule has 0 saturated heterocycles. The van der Waals surface area contributed by atoms with Crippen LogP contribution in [0.3, 0.4) is 0 Å². The molecule has 2 N–H and O–H groups in total. The lowest BCUT2D eigenvalue weighted by Crippen LogP contribution is -2.39. The Morgan fingerprint density at radius 1 is 1.35 bits per heavy atom. The summed E-state index contributed by atoms with van der Waals surface area (Å²) < 4.78 is 0. The predicted molar refractivity (Wildman–Crippen MR) is 85.4 cm³/mol. The molecular weight excluding hydrogens is 250 g/mol. The van der Waals surface area contributed by atoms with Crippen molar-refractivity contribution in [3.05, 3.63) is 29.3 Å². The molecule has 0 heterocycles. The first-order valence-electron chi connectivity index (χ1n) is 7.24. The molecule has 0 aliphatic carbocycles. The summed E-state index contributed by atoms with van der Waals surface area (Å²) in [5.41, 5.74) is 2.82. The van der Waals surface area contributed by atoms with E-state index in [-0.39, 0.29) is 11.9 Å². The standard InChI is InChI=1S/C16H27N3O/c1-6-9-17-14-7-8-15(12(2)10-14)16(20)18-13(3)11-19(4)5/h7-8,10,13,17H,6,9,11H2,1-5H3,(H,18,20). The molecule has 0 saturated carbocycles. The summed E-state index contributed by atoms with van der Waals surface area (Å²) in [5.74, 6) is -0.00103. The summed E-state index contributed by atoms with van der Waals surface area (Å²) in [6, 6.07) is 6.02. The van der Waals surface area contributed by atoms with E-state index in [0.717, 1.165) is 36.3 Å². The van der Waals surface area contributed by atoms with E-state index in [1.54, 1.807) is 0 Å². The predicted octanol–water partition coefficient (Wildman–Crippen LogP) is 2.50. The highest BCUT2D eigenvalue weighted by molar-refractivity contribution is 5.96. The highest BCUT2D eigenvalue weighted by Crippen LogP contribution is 2.15. The molecule has 0 aromatic heterocycles. The van der Waals surface area contributed by atoms with Gasteiger partial charge in [-0.25, -0.2) is 0 Å². The molecule has 20 heavy (non-hydrogen) atoms. The Labute approximate surface area is 122 Å². The number of amides is 1.